The van der Waals surface area contributed by atoms with Crippen LogP contribution in [0.4, 0.5) is 0 Å². The smallest absolute Gasteiger partial charge is 0.129 e. The standard InChI is InChI=1S/C20H26OS2Si/c1-6-13-22-20(23-14-7-2)11-12-21-19-9-8-17(16-18(19)20)10-15-24(3,4)5/h6-9,16H,1-2,11-14H2,3-5H3. The molecule has 0 bridgehead atoms. The predicted molar refractivity (Wildman–Crippen MR) is 114 cm³/mol. The fourth-order valence-corrected chi connectivity index (χ4v) is 5.57. The zero-order chi connectivity index (χ0) is 17.6. The number of ether oxygens (including phenoxy) is 1. The van der Waals surface area contributed by atoms with Crippen molar-refractivity contribution >= 4 is 31.6 Å². The van der Waals surface area contributed by atoms with Crippen molar-refractivity contribution in [1.82, 2.24) is 0 Å². The molecular formula is C20H26OS2Si. The molecule has 0 amide bonds. The molecule has 4 heteroatoms. The SMILES string of the molecule is C=CCSC1(SCC=C)CCOc2ccc(C#C[Si](C)(C)C)cc21. The molecule has 0 unspecified atom stereocenters. The van der Waals surface area contributed by atoms with Gasteiger partial charge in [0.05, 0.1) is 10.7 Å². The van der Waals surface area contributed by atoms with E-state index in [1.54, 1.807) is 0 Å². The third-order valence-corrected chi connectivity index (χ3v) is 7.70. The second-order valence-electron chi connectivity index (χ2n) is 6.76. The van der Waals surface area contributed by atoms with Crippen molar-refractivity contribution < 1.29 is 4.74 Å². The Morgan fingerprint density at radius 3 is 2.46 bits per heavy atom. The fraction of sp³-hybridized carbons (Fsp3) is 0.400. The quantitative estimate of drug-likeness (QED) is 0.274. The van der Waals surface area contributed by atoms with E-state index in [2.05, 4.69) is 62.5 Å². The Balaban J connectivity index is 2.44. The van der Waals surface area contributed by atoms with Gasteiger partial charge in [-0.2, -0.15) is 0 Å². The number of hydrogen-bond donors (Lipinski definition) is 0. The van der Waals surface area contributed by atoms with E-state index in [0.29, 0.717) is 0 Å². The zero-order valence-corrected chi connectivity index (χ0v) is 17.5. The van der Waals surface area contributed by atoms with Crippen LogP contribution in [0.3, 0.4) is 0 Å². The Labute approximate surface area is 156 Å². The molecule has 0 spiro atoms. The Hall–Kier alpha value is -1.02. The van der Waals surface area contributed by atoms with Crippen LogP contribution in [-0.4, -0.2) is 26.2 Å². The van der Waals surface area contributed by atoms with E-state index in [4.69, 9.17) is 4.74 Å². The maximum atomic E-state index is 5.92. The van der Waals surface area contributed by atoms with Gasteiger partial charge < -0.3 is 4.74 Å². The molecule has 2 rings (SSSR count). The molecular weight excluding hydrogens is 348 g/mol. The summed E-state index contributed by atoms with van der Waals surface area (Å²) in [6.45, 7) is 15.3. The summed E-state index contributed by atoms with van der Waals surface area (Å²) < 4.78 is 5.91. The molecule has 1 nitrogen and oxygen atoms in total. The average molecular weight is 375 g/mol. The first-order valence-corrected chi connectivity index (χ1v) is 13.7. The van der Waals surface area contributed by atoms with Gasteiger partial charge in [-0.25, -0.2) is 0 Å². The number of thioether (sulfide) groups is 2. The van der Waals surface area contributed by atoms with E-state index in [9.17, 15) is 0 Å². The molecule has 0 aliphatic carbocycles. The lowest BCUT2D eigenvalue weighted by molar-refractivity contribution is 0.280. The van der Waals surface area contributed by atoms with Gasteiger partial charge in [0.25, 0.3) is 0 Å². The Morgan fingerprint density at radius 2 is 1.88 bits per heavy atom. The van der Waals surface area contributed by atoms with Crippen LogP contribution >= 0.6 is 23.5 Å². The van der Waals surface area contributed by atoms with Crippen LogP contribution < -0.4 is 4.74 Å². The molecule has 0 aromatic heterocycles. The summed E-state index contributed by atoms with van der Waals surface area (Å²) in [7, 11) is -1.38. The molecule has 0 radical (unpaired) electrons. The summed E-state index contributed by atoms with van der Waals surface area (Å²) in [5.41, 5.74) is 5.81. The number of benzene rings is 1. The zero-order valence-electron chi connectivity index (χ0n) is 14.9. The predicted octanol–water partition coefficient (Wildman–Crippen LogP) is 5.69. The molecule has 1 aromatic carbocycles. The van der Waals surface area contributed by atoms with Crippen molar-refractivity contribution in [3.63, 3.8) is 0 Å². The minimum Gasteiger partial charge on any atom is -0.493 e. The lowest BCUT2D eigenvalue weighted by atomic mass is 10.0. The van der Waals surface area contributed by atoms with Crippen LogP contribution in [0, 0.1) is 11.5 Å². The van der Waals surface area contributed by atoms with Crippen molar-refractivity contribution in [3.8, 4) is 17.2 Å². The normalized spacial score (nSPS) is 15.5. The van der Waals surface area contributed by atoms with Gasteiger partial charge in [0.1, 0.15) is 13.8 Å². The van der Waals surface area contributed by atoms with Crippen molar-refractivity contribution in [2.75, 3.05) is 18.1 Å². The minimum absolute atomic E-state index is 0.00713. The molecule has 1 aliphatic rings. The van der Waals surface area contributed by atoms with E-state index < -0.39 is 8.07 Å². The molecule has 0 saturated heterocycles. The molecule has 1 aromatic rings. The number of rotatable bonds is 6. The highest BCUT2D eigenvalue weighted by atomic mass is 32.2. The molecule has 24 heavy (non-hydrogen) atoms. The summed E-state index contributed by atoms with van der Waals surface area (Å²) in [5.74, 6) is 6.23. The monoisotopic (exact) mass is 374 g/mol. The van der Waals surface area contributed by atoms with Crippen molar-refractivity contribution in [1.29, 1.82) is 0 Å². The van der Waals surface area contributed by atoms with Gasteiger partial charge in [-0.1, -0.05) is 37.7 Å². The lowest BCUT2D eigenvalue weighted by Crippen LogP contribution is -2.27. The van der Waals surface area contributed by atoms with E-state index in [1.807, 2.05) is 35.7 Å². The number of fused-ring (bicyclic) bond motifs is 1. The third kappa shape index (κ3) is 4.99. The maximum absolute atomic E-state index is 5.92. The Morgan fingerprint density at radius 1 is 1.21 bits per heavy atom. The minimum atomic E-state index is -1.38. The summed E-state index contributed by atoms with van der Waals surface area (Å²) in [6.07, 6.45) is 4.94. The Kier molecular flexibility index (Phi) is 6.74. The highest BCUT2D eigenvalue weighted by Gasteiger charge is 2.38. The van der Waals surface area contributed by atoms with Gasteiger partial charge in [-0.15, -0.1) is 42.2 Å². The topological polar surface area (TPSA) is 9.23 Å². The molecule has 1 heterocycles. The van der Waals surface area contributed by atoms with Gasteiger partial charge in [0, 0.05) is 29.1 Å². The van der Waals surface area contributed by atoms with E-state index in [-0.39, 0.29) is 4.08 Å². The van der Waals surface area contributed by atoms with E-state index in [1.165, 1.54) is 5.56 Å². The summed E-state index contributed by atoms with van der Waals surface area (Å²) in [4.78, 5) is 0. The van der Waals surface area contributed by atoms with Crippen LogP contribution in [0.15, 0.2) is 43.5 Å². The van der Waals surface area contributed by atoms with Gasteiger partial charge in [0.15, 0.2) is 0 Å². The molecule has 0 N–H and O–H groups in total. The van der Waals surface area contributed by atoms with E-state index in [0.717, 1.165) is 35.8 Å². The van der Waals surface area contributed by atoms with Gasteiger partial charge in [0.2, 0.25) is 0 Å². The maximum Gasteiger partial charge on any atom is 0.129 e. The van der Waals surface area contributed by atoms with Crippen LogP contribution in [0.2, 0.25) is 19.6 Å². The average Bonchev–Trinajstić information content (AvgIpc) is 2.56. The van der Waals surface area contributed by atoms with E-state index >= 15 is 0 Å². The van der Waals surface area contributed by atoms with Gasteiger partial charge >= 0.3 is 0 Å². The van der Waals surface area contributed by atoms with Gasteiger partial charge in [-0.3, -0.25) is 0 Å². The molecule has 0 atom stereocenters. The van der Waals surface area contributed by atoms with Crippen molar-refractivity contribution in [2.24, 2.45) is 0 Å². The molecule has 1 aliphatic heterocycles. The molecule has 0 fully saturated rings. The third-order valence-electron chi connectivity index (χ3n) is 3.53. The number of hydrogen-bond acceptors (Lipinski definition) is 3. The summed E-state index contributed by atoms with van der Waals surface area (Å²) in [6, 6.07) is 6.40. The second kappa shape index (κ2) is 8.38. The first kappa shape index (κ1) is 19.3. The lowest BCUT2D eigenvalue weighted by Gasteiger charge is -2.37. The van der Waals surface area contributed by atoms with Crippen LogP contribution in [-0.2, 0) is 4.08 Å². The van der Waals surface area contributed by atoms with Crippen molar-refractivity contribution in [3.05, 3.63) is 54.6 Å². The first-order valence-electron chi connectivity index (χ1n) is 8.20. The summed E-state index contributed by atoms with van der Waals surface area (Å²) >= 11 is 3.87. The first-order chi connectivity index (χ1) is 11.4. The highest BCUT2D eigenvalue weighted by molar-refractivity contribution is 8.17. The highest BCUT2D eigenvalue weighted by Crippen LogP contribution is 2.54. The van der Waals surface area contributed by atoms with Crippen LogP contribution in [0.5, 0.6) is 5.75 Å². The van der Waals surface area contributed by atoms with Gasteiger partial charge in [-0.05, 0) is 18.2 Å². The Bertz CT molecular complexity index is 652. The molecule has 0 saturated carbocycles. The fourth-order valence-electron chi connectivity index (χ4n) is 2.45. The van der Waals surface area contributed by atoms with Crippen LogP contribution in [0.1, 0.15) is 17.5 Å². The van der Waals surface area contributed by atoms with Crippen LogP contribution in [0.25, 0.3) is 0 Å². The molecule has 128 valence electrons. The second-order valence-corrected chi connectivity index (χ2v) is 14.4. The van der Waals surface area contributed by atoms with Crippen molar-refractivity contribution in [2.45, 2.75) is 30.1 Å². The summed E-state index contributed by atoms with van der Waals surface area (Å²) in [5, 5.41) is 0. The largest absolute Gasteiger partial charge is 0.493 e.